The fourth-order valence-electron chi connectivity index (χ4n) is 2.17. The maximum absolute atomic E-state index is 12.7. The maximum Gasteiger partial charge on any atom is 0.225 e. The number of thioether (sulfide) groups is 1. The first kappa shape index (κ1) is 18.7. The van der Waals surface area contributed by atoms with Crippen LogP contribution in [0.1, 0.15) is 26.3 Å². The van der Waals surface area contributed by atoms with Crippen molar-refractivity contribution in [3.8, 4) is 0 Å². The summed E-state index contributed by atoms with van der Waals surface area (Å²) < 4.78 is 5.83. The predicted octanol–water partition coefficient (Wildman–Crippen LogP) is 4.30. The number of ether oxygens (including phenoxy) is 1. The Morgan fingerprint density at radius 3 is 2.12 bits per heavy atom. The third-order valence-electron chi connectivity index (χ3n) is 3.64. The molecular weight excluding hydrogens is 320 g/mol. The molecule has 0 aliphatic rings. The van der Waals surface area contributed by atoms with Gasteiger partial charge in [0.25, 0.3) is 0 Å². The molecule has 2 atom stereocenters. The highest BCUT2D eigenvalue weighted by atomic mass is 32.2. The summed E-state index contributed by atoms with van der Waals surface area (Å²) in [5, 5.41) is 10.4. The van der Waals surface area contributed by atoms with Crippen molar-refractivity contribution >= 4 is 16.9 Å². The highest BCUT2D eigenvalue weighted by Gasteiger charge is 2.36. The van der Waals surface area contributed by atoms with Gasteiger partial charge in [0.2, 0.25) is 5.12 Å². The molecule has 24 heavy (non-hydrogen) atoms. The molecule has 2 aromatic rings. The Hall–Kier alpha value is -1.62. The Morgan fingerprint density at radius 2 is 1.58 bits per heavy atom. The molecule has 0 saturated carbocycles. The third-order valence-corrected chi connectivity index (χ3v) is 4.58. The van der Waals surface area contributed by atoms with Crippen LogP contribution in [0.2, 0.25) is 0 Å². The zero-order chi connectivity index (χ0) is 17.6. The minimum atomic E-state index is -0.884. The highest BCUT2D eigenvalue weighted by Crippen LogP contribution is 2.29. The van der Waals surface area contributed by atoms with Crippen molar-refractivity contribution < 1.29 is 14.6 Å². The van der Waals surface area contributed by atoms with Crippen LogP contribution in [0.25, 0.3) is 0 Å². The smallest absolute Gasteiger partial charge is 0.225 e. The van der Waals surface area contributed by atoms with Gasteiger partial charge >= 0.3 is 0 Å². The Bertz CT molecular complexity index is 635. The summed E-state index contributed by atoms with van der Waals surface area (Å²) in [6, 6.07) is 19.1. The first-order valence-electron chi connectivity index (χ1n) is 7.98. The van der Waals surface area contributed by atoms with Crippen LogP contribution in [0.4, 0.5) is 0 Å². The van der Waals surface area contributed by atoms with E-state index in [4.69, 9.17) is 4.74 Å². The van der Waals surface area contributed by atoms with E-state index in [0.29, 0.717) is 6.61 Å². The van der Waals surface area contributed by atoms with E-state index in [1.165, 1.54) is 0 Å². The molecule has 2 aromatic carbocycles. The van der Waals surface area contributed by atoms with E-state index in [9.17, 15) is 9.90 Å². The summed E-state index contributed by atoms with van der Waals surface area (Å²) in [5.74, 6) is 0. The molecule has 0 bridgehead atoms. The van der Waals surface area contributed by atoms with Crippen molar-refractivity contribution in [2.24, 2.45) is 5.41 Å². The number of carbonyl (C=O) groups excluding carboxylic acids is 1. The average molecular weight is 344 g/mol. The maximum atomic E-state index is 12.7. The largest absolute Gasteiger partial charge is 0.389 e. The van der Waals surface area contributed by atoms with Gasteiger partial charge in [-0.3, -0.25) is 4.79 Å². The van der Waals surface area contributed by atoms with E-state index in [1.54, 1.807) is 0 Å². The average Bonchev–Trinajstić information content (AvgIpc) is 2.56. The first-order valence-corrected chi connectivity index (χ1v) is 8.80. The van der Waals surface area contributed by atoms with Gasteiger partial charge in [-0.15, -0.1) is 0 Å². The van der Waals surface area contributed by atoms with Gasteiger partial charge in [0, 0.05) is 4.90 Å². The highest BCUT2D eigenvalue weighted by molar-refractivity contribution is 8.13. The Morgan fingerprint density at radius 1 is 1.04 bits per heavy atom. The lowest BCUT2D eigenvalue weighted by Gasteiger charge is -2.31. The standard InChI is InChI=1S/C20H24O3S/c1-20(2,3)18(21)17(23-14-15-10-6-4-7-11-15)19(22)24-16-12-8-5-9-13-16/h4-13,17-18,21H,14H2,1-3H3/t17-,18+/m1/s1. The molecule has 4 heteroatoms. The molecule has 0 radical (unpaired) electrons. The summed E-state index contributed by atoms with van der Waals surface area (Å²) in [5.41, 5.74) is 0.523. The van der Waals surface area contributed by atoms with Crippen molar-refractivity contribution in [3.63, 3.8) is 0 Å². The van der Waals surface area contributed by atoms with E-state index in [0.717, 1.165) is 22.2 Å². The Kier molecular flexibility index (Phi) is 6.60. The van der Waals surface area contributed by atoms with Crippen LogP contribution in [-0.2, 0) is 16.1 Å². The van der Waals surface area contributed by atoms with Gasteiger partial charge in [-0.25, -0.2) is 0 Å². The van der Waals surface area contributed by atoms with Crippen molar-refractivity contribution in [1.82, 2.24) is 0 Å². The lowest BCUT2D eigenvalue weighted by atomic mass is 9.86. The van der Waals surface area contributed by atoms with Crippen LogP contribution in [0, 0.1) is 5.41 Å². The zero-order valence-corrected chi connectivity index (χ0v) is 15.1. The number of hydrogen-bond acceptors (Lipinski definition) is 4. The van der Waals surface area contributed by atoms with Crippen molar-refractivity contribution in [2.75, 3.05) is 0 Å². The molecular formula is C20H24O3S. The number of aliphatic hydroxyl groups is 1. The normalized spacial score (nSPS) is 14.2. The first-order chi connectivity index (χ1) is 11.4. The van der Waals surface area contributed by atoms with E-state index in [2.05, 4.69) is 0 Å². The molecule has 0 spiro atoms. The van der Waals surface area contributed by atoms with Crippen molar-refractivity contribution in [2.45, 2.75) is 44.5 Å². The van der Waals surface area contributed by atoms with Gasteiger partial charge in [-0.2, -0.15) is 0 Å². The molecule has 0 amide bonds. The molecule has 0 saturated heterocycles. The van der Waals surface area contributed by atoms with Gasteiger partial charge in [0.1, 0.15) is 0 Å². The molecule has 2 rings (SSSR count). The fraction of sp³-hybridized carbons (Fsp3) is 0.350. The van der Waals surface area contributed by atoms with E-state index in [1.807, 2.05) is 81.4 Å². The molecule has 0 fully saturated rings. The molecule has 0 aliphatic heterocycles. The van der Waals surface area contributed by atoms with Gasteiger partial charge in [-0.05, 0) is 34.9 Å². The summed E-state index contributed by atoms with van der Waals surface area (Å²) in [6.07, 6.45) is -1.76. The van der Waals surface area contributed by atoms with Gasteiger partial charge in [0.15, 0.2) is 6.10 Å². The van der Waals surface area contributed by atoms with Gasteiger partial charge < -0.3 is 9.84 Å². The summed E-state index contributed by atoms with van der Waals surface area (Å²) in [6.45, 7) is 5.99. The molecule has 1 N–H and O–H groups in total. The van der Waals surface area contributed by atoms with Crippen LogP contribution in [0.3, 0.4) is 0 Å². The topological polar surface area (TPSA) is 46.5 Å². The van der Waals surface area contributed by atoms with Crippen LogP contribution in [0.5, 0.6) is 0 Å². The number of carbonyl (C=O) groups is 1. The molecule has 0 heterocycles. The molecule has 0 aromatic heterocycles. The third kappa shape index (κ3) is 5.48. The Balaban J connectivity index is 2.11. The lowest BCUT2D eigenvalue weighted by molar-refractivity contribution is -0.138. The second-order valence-corrected chi connectivity index (χ2v) is 7.84. The molecule has 128 valence electrons. The number of aliphatic hydroxyl groups excluding tert-OH is 1. The zero-order valence-electron chi connectivity index (χ0n) is 14.3. The summed E-state index contributed by atoms with van der Waals surface area (Å²) >= 11 is 1.11. The van der Waals surface area contributed by atoms with Crippen molar-refractivity contribution in [1.29, 1.82) is 0 Å². The Labute approximate surface area is 148 Å². The number of rotatable bonds is 6. The minimum absolute atomic E-state index is 0.181. The monoisotopic (exact) mass is 344 g/mol. The molecule has 0 aliphatic carbocycles. The van der Waals surface area contributed by atoms with Crippen molar-refractivity contribution in [3.05, 3.63) is 66.2 Å². The van der Waals surface area contributed by atoms with Gasteiger partial charge in [0.05, 0.1) is 12.7 Å². The predicted molar refractivity (Wildman–Crippen MR) is 97.8 cm³/mol. The molecule has 0 unspecified atom stereocenters. The van der Waals surface area contributed by atoms with E-state index < -0.39 is 17.6 Å². The molecule has 3 nitrogen and oxygen atoms in total. The number of benzene rings is 2. The second-order valence-electron chi connectivity index (χ2n) is 6.76. The summed E-state index contributed by atoms with van der Waals surface area (Å²) in [7, 11) is 0. The quantitative estimate of drug-likeness (QED) is 0.794. The van der Waals surface area contributed by atoms with E-state index in [-0.39, 0.29) is 5.12 Å². The fourth-order valence-corrected chi connectivity index (χ4v) is 3.00. The lowest BCUT2D eigenvalue weighted by Crippen LogP contribution is -2.43. The summed E-state index contributed by atoms with van der Waals surface area (Å²) in [4.78, 5) is 13.5. The minimum Gasteiger partial charge on any atom is -0.389 e. The second kappa shape index (κ2) is 8.47. The van der Waals surface area contributed by atoms with Crippen LogP contribution in [0.15, 0.2) is 65.6 Å². The SMILES string of the molecule is CC(C)(C)[C@@H](O)[C@@H](OCc1ccccc1)C(=O)Sc1ccccc1. The number of hydrogen-bond donors (Lipinski definition) is 1. The van der Waals surface area contributed by atoms with Crippen LogP contribution in [-0.4, -0.2) is 22.4 Å². The van der Waals surface area contributed by atoms with E-state index >= 15 is 0 Å². The van der Waals surface area contributed by atoms with Crippen LogP contribution < -0.4 is 0 Å². The van der Waals surface area contributed by atoms with Gasteiger partial charge in [-0.1, -0.05) is 69.3 Å². The van der Waals surface area contributed by atoms with Crippen LogP contribution >= 0.6 is 11.8 Å².